The summed E-state index contributed by atoms with van der Waals surface area (Å²) in [5.41, 5.74) is 3.30. The molecule has 1 aromatic carbocycles. The molecule has 0 unspecified atom stereocenters. The van der Waals surface area contributed by atoms with Crippen LogP contribution in [-0.2, 0) is 16.1 Å². The Morgan fingerprint density at radius 3 is 2.86 bits per heavy atom. The van der Waals surface area contributed by atoms with Gasteiger partial charge in [-0.3, -0.25) is 14.5 Å². The first-order valence-corrected chi connectivity index (χ1v) is 9.91. The van der Waals surface area contributed by atoms with Crippen LogP contribution in [0.3, 0.4) is 0 Å². The van der Waals surface area contributed by atoms with Gasteiger partial charge >= 0.3 is 0 Å². The van der Waals surface area contributed by atoms with Gasteiger partial charge in [0.05, 0.1) is 12.2 Å². The summed E-state index contributed by atoms with van der Waals surface area (Å²) in [6, 6.07) is 10.3. The molecule has 0 saturated heterocycles. The lowest BCUT2D eigenvalue weighted by Crippen LogP contribution is -2.44. The molecule has 0 fully saturated rings. The number of nitrogens with zero attached hydrogens (tertiary/aromatic N) is 4. The second-order valence-corrected chi connectivity index (χ2v) is 7.22. The zero-order valence-corrected chi connectivity index (χ0v) is 16.9. The number of rotatable bonds is 8. The molecule has 28 heavy (non-hydrogen) atoms. The van der Waals surface area contributed by atoms with Gasteiger partial charge in [0.25, 0.3) is 0 Å². The van der Waals surface area contributed by atoms with Crippen LogP contribution in [0.15, 0.2) is 30.3 Å². The fraction of sp³-hybridized carbons (Fsp3) is 0.476. The van der Waals surface area contributed by atoms with Crippen molar-refractivity contribution in [3.8, 4) is 0 Å². The van der Waals surface area contributed by atoms with E-state index >= 15 is 0 Å². The lowest BCUT2D eigenvalue weighted by molar-refractivity contribution is -0.124. The van der Waals surface area contributed by atoms with E-state index in [1.54, 1.807) is 4.68 Å². The molecule has 1 aliphatic rings. The average molecular weight is 383 g/mol. The molecule has 0 radical (unpaired) electrons. The van der Waals surface area contributed by atoms with Crippen molar-refractivity contribution in [3.05, 3.63) is 41.6 Å². The summed E-state index contributed by atoms with van der Waals surface area (Å²) in [5, 5.41) is 7.31. The first-order valence-electron chi connectivity index (χ1n) is 9.91. The zero-order chi connectivity index (χ0) is 20.1. The number of aromatic nitrogens is 2. The molecular formula is C21H29N5O2. The fourth-order valence-corrected chi connectivity index (χ4v) is 3.54. The average Bonchev–Trinajstić information content (AvgIpc) is 3.05. The highest BCUT2D eigenvalue weighted by atomic mass is 16.2. The minimum absolute atomic E-state index is 0.0286. The molecule has 2 heterocycles. The summed E-state index contributed by atoms with van der Waals surface area (Å²) in [6.45, 7) is 9.10. The maximum Gasteiger partial charge on any atom is 0.240 e. The van der Waals surface area contributed by atoms with Crippen molar-refractivity contribution >= 4 is 23.3 Å². The molecule has 0 spiro atoms. The summed E-state index contributed by atoms with van der Waals surface area (Å²) in [5.74, 6) is 0.541. The summed E-state index contributed by atoms with van der Waals surface area (Å²) in [4.78, 5) is 28.4. The van der Waals surface area contributed by atoms with Gasteiger partial charge in [-0.15, -0.1) is 0 Å². The number of nitrogens with one attached hydrogen (secondary N) is 1. The van der Waals surface area contributed by atoms with Crippen LogP contribution < -0.4 is 15.1 Å². The molecule has 7 nitrogen and oxygen atoms in total. The number of anilines is 2. The maximum atomic E-state index is 12.4. The van der Waals surface area contributed by atoms with Crippen molar-refractivity contribution in [3.63, 3.8) is 0 Å². The third-order valence-electron chi connectivity index (χ3n) is 4.97. The number of carbonyl (C=O) groups excluding carboxylic acids is 2. The molecule has 7 heteroatoms. The Morgan fingerprint density at radius 1 is 1.29 bits per heavy atom. The molecule has 2 amide bonds. The molecule has 0 bridgehead atoms. The Balaban J connectivity index is 1.48. The second-order valence-electron chi connectivity index (χ2n) is 7.22. The van der Waals surface area contributed by atoms with E-state index in [1.165, 1.54) is 16.2 Å². The summed E-state index contributed by atoms with van der Waals surface area (Å²) in [6.07, 6.45) is 1.22. The van der Waals surface area contributed by atoms with E-state index in [1.807, 2.05) is 13.0 Å². The van der Waals surface area contributed by atoms with Crippen molar-refractivity contribution in [1.82, 2.24) is 15.1 Å². The first kappa shape index (κ1) is 19.9. The molecule has 1 aliphatic heterocycles. The predicted octanol–water partition coefficient (Wildman–Crippen LogP) is 2.27. The van der Waals surface area contributed by atoms with Crippen molar-refractivity contribution in [2.24, 2.45) is 0 Å². The Kier molecular flexibility index (Phi) is 6.34. The van der Waals surface area contributed by atoms with Gasteiger partial charge in [-0.2, -0.15) is 5.10 Å². The number of fused-ring (bicyclic) bond motifs is 1. The molecule has 150 valence electrons. The monoisotopic (exact) mass is 383 g/mol. The standard InChI is InChI=1S/C21H29N5O2/c1-4-24(18-8-5-7-16(2)13-18)11-6-10-22-19(27)15-25-20-14-17(3)23-26(20)12-9-21(25)28/h5,7-8,13-14H,4,6,9-12,15H2,1-3H3,(H,22,27). The summed E-state index contributed by atoms with van der Waals surface area (Å²) < 4.78 is 1.80. The van der Waals surface area contributed by atoms with Crippen LogP contribution in [-0.4, -0.2) is 47.8 Å². The van der Waals surface area contributed by atoms with Crippen molar-refractivity contribution in [1.29, 1.82) is 0 Å². The quantitative estimate of drug-likeness (QED) is 0.710. The highest BCUT2D eigenvalue weighted by Gasteiger charge is 2.27. The SMILES string of the molecule is CCN(CCCNC(=O)CN1C(=O)CCn2nc(C)cc21)c1cccc(C)c1. The molecule has 0 saturated carbocycles. The molecule has 1 N–H and O–H groups in total. The van der Waals surface area contributed by atoms with E-state index in [9.17, 15) is 9.59 Å². The van der Waals surface area contributed by atoms with E-state index in [-0.39, 0.29) is 18.4 Å². The number of aryl methyl sites for hydroxylation is 3. The summed E-state index contributed by atoms with van der Waals surface area (Å²) >= 11 is 0. The van der Waals surface area contributed by atoms with Gasteiger partial charge in [0.2, 0.25) is 11.8 Å². The van der Waals surface area contributed by atoms with Gasteiger partial charge < -0.3 is 10.2 Å². The normalized spacial score (nSPS) is 13.4. The molecule has 1 aromatic heterocycles. The van der Waals surface area contributed by atoms with Crippen molar-refractivity contribution < 1.29 is 9.59 Å². The van der Waals surface area contributed by atoms with Crippen LogP contribution >= 0.6 is 0 Å². The lowest BCUT2D eigenvalue weighted by atomic mass is 10.2. The van der Waals surface area contributed by atoms with E-state index in [0.717, 1.165) is 25.2 Å². The minimum atomic E-state index is -0.140. The van der Waals surface area contributed by atoms with Crippen molar-refractivity contribution in [2.45, 2.75) is 40.2 Å². The van der Waals surface area contributed by atoms with Crippen LogP contribution in [0, 0.1) is 13.8 Å². The smallest absolute Gasteiger partial charge is 0.240 e. The molecular weight excluding hydrogens is 354 g/mol. The van der Waals surface area contributed by atoms with Crippen LogP contribution in [0.25, 0.3) is 0 Å². The van der Waals surface area contributed by atoms with Gasteiger partial charge in [0.1, 0.15) is 12.4 Å². The van der Waals surface area contributed by atoms with Gasteiger partial charge in [-0.1, -0.05) is 12.1 Å². The van der Waals surface area contributed by atoms with Crippen LogP contribution in [0.2, 0.25) is 0 Å². The van der Waals surface area contributed by atoms with E-state index in [4.69, 9.17) is 0 Å². The van der Waals surface area contributed by atoms with Crippen LogP contribution in [0.4, 0.5) is 11.5 Å². The molecule has 3 rings (SSSR count). The van der Waals surface area contributed by atoms with Crippen LogP contribution in [0.1, 0.15) is 31.0 Å². The maximum absolute atomic E-state index is 12.4. The van der Waals surface area contributed by atoms with Gasteiger partial charge in [-0.05, 0) is 44.9 Å². The number of amides is 2. The first-order chi connectivity index (χ1) is 13.5. The Bertz CT molecular complexity index is 845. The number of hydrogen-bond donors (Lipinski definition) is 1. The Labute approximate surface area is 166 Å². The fourth-order valence-electron chi connectivity index (χ4n) is 3.54. The van der Waals surface area contributed by atoms with Gasteiger partial charge in [-0.25, -0.2) is 4.68 Å². The zero-order valence-electron chi connectivity index (χ0n) is 16.9. The number of hydrogen-bond acceptors (Lipinski definition) is 4. The molecule has 2 aromatic rings. The Hall–Kier alpha value is -2.83. The second kappa shape index (κ2) is 8.91. The third-order valence-corrected chi connectivity index (χ3v) is 4.97. The van der Waals surface area contributed by atoms with E-state index < -0.39 is 0 Å². The van der Waals surface area contributed by atoms with E-state index in [2.05, 4.69) is 53.4 Å². The summed E-state index contributed by atoms with van der Waals surface area (Å²) in [7, 11) is 0. The van der Waals surface area contributed by atoms with Crippen LogP contribution in [0.5, 0.6) is 0 Å². The highest BCUT2D eigenvalue weighted by molar-refractivity contribution is 5.98. The predicted molar refractivity (Wildman–Crippen MR) is 111 cm³/mol. The molecule has 0 aliphatic carbocycles. The van der Waals surface area contributed by atoms with Crippen molar-refractivity contribution in [2.75, 3.05) is 36.0 Å². The lowest BCUT2D eigenvalue weighted by Gasteiger charge is -2.27. The Morgan fingerprint density at radius 2 is 2.11 bits per heavy atom. The van der Waals surface area contributed by atoms with Gasteiger partial charge in [0.15, 0.2) is 0 Å². The largest absolute Gasteiger partial charge is 0.372 e. The highest BCUT2D eigenvalue weighted by Crippen LogP contribution is 2.22. The molecule has 0 atom stereocenters. The number of carbonyl (C=O) groups is 2. The topological polar surface area (TPSA) is 70.5 Å². The van der Waals surface area contributed by atoms with E-state index in [0.29, 0.717) is 25.3 Å². The number of benzene rings is 1. The van der Waals surface area contributed by atoms with Gasteiger partial charge in [0, 0.05) is 37.8 Å². The third kappa shape index (κ3) is 4.71. The minimum Gasteiger partial charge on any atom is -0.372 e.